The number of ketones is 1. The number of fused-ring (bicyclic) bond motifs is 3. The van der Waals surface area contributed by atoms with Gasteiger partial charge in [0.1, 0.15) is 11.9 Å². The molecule has 0 fully saturated rings. The highest BCUT2D eigenvalue weighted by molar-refractivity contribution is 5.92. The Balaban J connectivity index is 2.17. The van der Waals surface area contributed by atoms with Crippen molar-refractivity contribution in [2.45, 2.75) is 31.8 Å². The van der Waals surface area contributed by atoms with E-state index < -0.39 is 0 Å². The first-order valence-corrected chi connectivity index (χ1v) is 5.59. The van der Waals surface area contributed by atoms with Crippen molar-refractivity contribution in [2.75, 3.05) is 0 Å². The third-order valence-corrected chi connectivity index (χ3v) is 3.66. The lowest BCUT2D eigenvalue weighted by Crippen LogP contribution is -2.38. The molecule has 1 heterocycles. The molecule has 82 valence electrons. The molecule has 16 heavy (non-hydrogen) atoms. The van der Waals surface area contributed by atoms with Crippen LogP contribution in [0.5, 0.6) is 5.75 Å². The molecule has 0 spiro atoms. The van der Waals surface area contributed by atoms with Crippen molar-refractivity contribution in [1.29, 1.82) is 0 Å². The summed E-state index contributed by atoms with van der Waals surface area (Å²) in [5.41, 5.74) is 2.31. The fourth-order valence-electron chi connectivity index (χ4n) is 2.58. The van der Waals surface area contributed by atoms with E-state index in [-0.39, 0.29) is 17.3 Å². The Labute approximate surface area is 94.9 Å². The molecule has 0 radical (unpaired) electrons. The molecule has 1 aromatic carbocycles. The minimum Gasteiger partial charge on any atom is -0.488 e. The summed E-state index contributed by atoms with van der Waals surface area (Å²) >= 11 is 0. The van der Waals surface area contributed by atoms with Gasteiger partial charge in [-0.3, -0.25) is 4.79 Å². The number of ether oxygens (including phenoxy) is 1. The maximum atomic E-state index is 11.4. The van der Waals surface area contributed by atoms with Gasteiger partial charge in [-0.05, 0) is 26.0 Å². The lowest BCUT2D eigenvalue weighted by molar-refractivity contribution is -0.117. The topological polar surface area (TPSA) is 26.3 Å². The summed E-state index contributed by atoms with van der Waals surface area (Å²) in [6.45, 7) is 4.22. The van der Waals surface area contributed by atoms with E-state index in [1.165, 1.54) is 11.1 Å². The fraction of sp³-hybridized carbons (Fsp3) is 0.357. The molecule has 2 heteroatoms. The zero-order valence-electron chi connectivity index (χ0n) is 9.49. The van der Waals surface area contributed by atoms with Gasteiger partial charge in [0, 0.05) is 12.0 Å². The minimum atomic E-state index is -0.130. The third-order valence-electron chi connectivity index (χ3n) is 3.66. The molecule has 2 nitrogen and oxygen atoms in total. The van der Waals surface area contributed by atoms with E-state index in [1.807, 2.05) is 18.2 Å². The average molecular weight is 214 g/mol. The van der Waals surface area contributed by atoms with Crippen LogP contribution in [0.1, 0.15) is 24.5 Å². The van der Waals surface area contributed by atoms with Crippen LogP contribution in [-0.2, 0) is 10.2 Å². The number of carbonyl (C=O) groups excluding carboxylic acids is 1. The zero-order chi connectivity index (χ0) is 11.3. The number of benzene rings is 1. The lowest BCUT2D eigenvalue weighted by atomic mass is 9.74. The minimum absolute atomic E-state index is 0.0261. The Morgan fingerprint density at radius 2 is 2.25 bits per heavy atom. The Bertz CT molecular complexity index is 501. The molecule has 1 aliphatic carbocycles. The quantitative estimate of drug-likeness (QED) is 0.663. The molecule has 0 saturated heterocycles. The number of aryl methyl sites for hydroxylation is 1. The second-order valence-corrected chi connectivity index (χ2v) is 4.89. The van der Waals surface area contributed by atoms with Gasteiger partial charge in [-0.15, -0.1) is 0 Å². The summed E-state index contributed by atoms with van der Waals surface area (Å²) < 4.78 is 5.87. The molecule has 0 saturated carbocycles. The molecule has 0 amide bonds. The third kappa shape index (κ3) is 1.16. The first-order valence-electron chi connectivity index (χ1n) is 5.59. The van der Waals surface area contributed by atoms with E-state index in [4.69, 9.17) is 4.74 Å². The van der Waals surface area contributed by atoms with Crippen molar-refractivity contribution in [1.82, 2.24) is 0 Å². The fourth-order valence-corrected chi connectivity index (χ4v) is 2.58. The van der Waals surface area contributed by atoms with Gasteiger partial charge in [0.25, 0.3) is 0 Å². The van der Waals surface area contributed by atoms with E-state index in [0.29, 0.717) is 6.42 Å². The van der Waals surface area contributed by atoms with Gasteiger partial charge in [0.15, 0.2) is 5.78 Å². The van der Waals surface area contributed by atoms with E-state index in [0.717, 1.165) is 5.75 Å². The van der Waals surface area contributed by atoms with Crippen LogP contribution in [0.15, 0.2) is 30.4 Å². The number of carbonyl (C=O) groups is 1. The molecule has 0 unspecified atom stereocenters. The monoisotopic (exact) mass is 214 g/mol. The molecule has 1 aromatic rings. The molecule has 0 bridgehead atoms. The predicted molar refractivity (Wildman–Crippen MR) is 61.7 cm³/mol. The Kier molecular flexibility index (Phi) is 1.79. The van der Waals surface area contributed by atoms with Crippen LogP contribution in [0.3, 0.4) is 0 Å². The number of rotatable bonds is 0. The van der Waals surface area contributed by atoms with Crippen LogP contribution in [-0.4, -0.2) is 11.9 Å². The van der Waals surface area contributed by atoms with Gasteiger partial charge in [0.2, 0.25) is 0 Å². The Hall–Kier alpha value is -1.57. The number of hydrogen-bond donors (Lipinski definition) is 0. The predicted octanol–water partition coefficient (Wildman–Crippen LogP) is 2.54. The van der Waals surface area contributed by atoms with Crippen molar-refractivity contribution < 1.29 is 9.53 Å². The highest BCUT2D eigenvalue weighted by Gasteiger charge is 2.46. The summed E-state index contributed by atoms with van der Waals surface area (Å²) in [5, 5.41) is 0. The smallest absolute Gasteiger partial charge is 0.159 e. The van der Waals surface area contributed by atoms with Gasteiger partial charge < -0.3 is 4.74 Å². The first kappa shape index (κ1) is 9.64. The molecular formula is C14H14O2. The lowest BCUT2D eigenvalue weighted by Gasteiger charge is -2.29. The van der Waals surface area contributed by atoms with Crippen LogP contribution < -0.4 is 4.74 Å². The standard InChI is InChI=1S/C14H14O2/c1-9-3-4-12-11(7-9)14(2)6-5-10(15)8-13(14)16-12/h3-7,13H,8H2,1-2H3/t13-,14+/m1/s1. The SMILES string of the molecule is Cc1ccc2c(c1)[C@]1(C)C=CC(=O)C[C@H]1O2. The number of allylic oxidation sites excluding steroid dienone is 1. The second kappa shape index (κ2) is 2.97. The Morgan fingerprint density at radius 1 is 1.44 bits per heavy atom. The number of hydrogen-bond acceptors (Lipinski definition) is 2. The highest BCUT2D eigenvalue weighted by Crippen LogP contribution is 2.47. The summed E-state index contributed by atoms with van der Waals surface area (Å²) in [7, 11) is 0. The maximum absolute atomic E-state index is 11.4. The van der Waals surface area contributed by atoms with Gasteiger partial charge in [-0.2, -0.15) is 0 Å². The molecule has 1 aliphatic heterocycles. The van der Waals surface area contributed by atoms with Crippen molar-refractivity contribution in [2.24, 2.45) is 0 Å². The van der Waals surface area contributed by atoms with Gasteiger partial charge in [0.05, 0.1) is 5.41 Å². The second-order valence-electron chi connectivity index (χ2n) is 4.89. The summed E-state index contributed by atoms with van der Waals surface area (Å²) in [4.78, 5) is 11.4. The normalized spacial score (nSPS) is 30.9. The van der Waals surface area contributed by atoms with E-state index in [1.54, 1.807) is 6.08 Å². The first-order chi connectivity index (χ1) is 7.59. The molecule has 0 aromatic heterocycles. The van der Waals surface area contributed by atoms with Gasteiger partial charge in [-0.1, -0.05) is 23.8 Å². The molecule has 2 aliphatic rings. The van der Waals surface area contributed by atoms with Crippen molar-refractivity contribution in [3.05, 3.63) is 41.5 Å². The molecule has 0 N–H and O–H groups in total. The largest absolute Gasteiger partial charge is 0.488 e. The van der Waals surface area contributed by atoms with Crippen LogP contribution >= 0.6 is 0 Å². The van der Waals surface area contributed by atoms with Crippen LogP contribution in [0, 0.1) is 6.92 Å². The van der Waals surface area contributed by atoms with E-state index in [9.17, 15) is 4.79 Å². The molecular weight excluding hydrogens is 200 g/mol. The van der Waals surface area contributed by atoms with E-state index in [2.05, 4.69) is 19.9 Å². The van der Waals surface area contributed by atoms with E-state index >= 15 is 0 Å². The summed E-state index contributed by atoms with van der Waals surface area (Å²) in [6.07, 6.45) is 4.15. The van der Waals surface area contributed by atoms with Crippen molar-refractivity contribution in [3.63, 3.8) is 0 Å². The maximum Gasteiger partial charge on any atom is 0.159 e. The van der Waals surface area contributed by atoms with Crippen LogP contribution in [0.25, 0.3) is 0 Å². The van der Waals surface area contributed by atoms with Crippen molar-refractivity contribution in [3.8, 4) is 5.75 Å². The van der Waals surface area contributed by atoms with Crippen LogP contribution in [0.2, 0.25) is 0 Å². The van der Waals surface area contributed by atoms with Crippen molar-refractivity contribution >= 4 is 5.78 Å². The van der Waals surface area contributed by atoms with Gasteiger partial charge in [-0.25, -0.2) is 0 Å². The zero-order valence-corrected chi connectivity index (χ0v) is 9.49. The molecule has 3 rings (SSSR count). The molecule has 2 atom stereocenters. The van der Waals surface area contributed by atoms with Crippen LogP contribution in [0.4, 0.5) is 0 Å². The summed E-state index contributed by atoms with van der Waals surface area (Å²) in [6, 6.07) is 6.22. The average Bonchev–Trinajstić information content (AvgIpc) is 2.52. The van der Waals surface area contributed by atoms with Gasteiger partial charge >= 0.3 is 0 Å². The summed E-state index contributed by atoms with van der Waals surface area (Å²) in [5.74, 6) is 1.09. The Morgan fingerprint density at radius 3 is 3.06 bits per heavy atom. The highest BCUT2D eigenvalue weighted by atomic mass is 16.5.